The Hall–Kier alpha value is -0.280. The lowest BCUT2D eigenvalue weighted by molar-refractivity contribution is -0.132. The van der Waals surface area contributed by atoms with Crippen LogP contribution in [0.15, 0.2) is 0 Å². The molecule has 1 aliphatic heterocycles. The van der Waals surface area contributed by atoms with Gasteiger partial charge in [0, 0.05) is 13.0 Å². The minimum atomic E-state index is -0.126. The summed E-state index contributed by atoms with van der Waals surface area (Å²) in [6, 6.07) is -0.126. The lowest BCUT2D eigenvalue weighted by atomic mass is 9.86. The number of rotatable bonds is 2. The van der Waals surface area contributed by atoms with Gasteiger partial charge in [-0.05, 0) is 5.41 Å². The SMILES string of the molecule is CC(C)(C)[C@@H](CO)N1CC(Cl)CC1=O. The maximum absolute atomic E-state index is 11.6. The number of carbonyl (C=O) groups excluding carboxylic acids is 1. The lowest BCUT2D eigenvalue weighted by Crippen LogP contribution is -2.47. The van der Waals surface area contributed by atoms with Crippen molar-refractivity contribution in [3.05, 3.63) is 0 Å². The Morgan fingerprint density at radius 1 is 1.64 bits per heavy atom. The van der Waals surface area contributed by atoms with Crippen molar-refractivity contribution in [1.82, 2.24) is 4.90 Å². The van der Waals surface area contributed by atoms with Crippen LogP contribution >= 0.6 is 11.6 Å². The number of aliphatic hydroxyl groups excluding tert-OH is 1. The minimum absolute atomic E-state index is 0.00114. The van der Waals surface area contributed by atoms with E-state index in [1.165, 1.54) is 0 Å². The Morgan fingerprint density at radius 3 is 2.50 bits per heavy atom. The molecule has 0 spiro atoms. The zero-order valence-corrected chi connectivity index (χ0v) is 9.71. The molecule has 1 unspecified atom stereocenters. The average molecular weight is 220 g/mol. The molecule has 82 valence electrons. The van der Waals surface area contributed by atoms with Gasteiger partial charge in [-0.25, -0.2) is 0 Å². The topological polar surface area (TPSA) is 40.5 Å². The third-order valence-electron chi connectivity index (χ3n) is 2.66. The molecule has 1 heterocycles. The fraction of sp³-hybridized carbons (Fsp3) is 0.900. The quantitative estimate of drug-likeness (QED) is 0.710. The third-order valence-corrected chi connectivity index (χ3v) is 2.95. The fourth-order valence-corrected chi connectivity index (χ4v) is 2.11. The van der Waals surface area contributed by atoms with Gasteiger partial charge in [-0.1, -0.05) is 20.8 Å². The molecular formula is C10H18ClNO2. The number of hydrogen-bond acceptors (Lipinski definition) is 2. The molecule has 0 aliphatic carbocycles. The van der Waals surface area contributed by atoms with E-state index in [0.29, 0.717) is 13.0 Å². The van der Waals surface area contributed by atoms with Crippen LogP contribution in [0.1, 0.15) is 27.2 Å². The smallest absolute Gasteiger partial charge is 0.224 e. The number of halogens is 1. The molecule has 0 aromatic heterocycles. The van der Waals surface area contributed by atoms with Crippen molar-refractivity contribution < 1.29 is 9.90 Å². The second-order valence-corrected chi connectivity index (χ2v) is 5.53. The Kier molecular flexibility index (Phi) is 3.43. The van der Waals surface area contributed by atoms with Gasteiger partial charge in [0.15, 0.2) is 0 Å². The van der Waals surface area contributed by atoms with Crippen molar-refractivity contribution in [2.24, 2.45) is 5.41 Å². The summed E-state index contributed by atoms with van der Waals surface area (Å²) in [6.07, 6.45) is 0.397. The molecule has 0 saturated carbocycles. The summed E-state index contributed by atoms with van der Waals surface area (Å²) in [6.45, 7) is 6.61. The highest BCUT2D eigenvalue weighted by Gasteiger charge is 2.38. The minimum Gasteiger partial charge on any atom is -0.394 e. The Labute approximate surface area is 90.0 Å². The first-order valence-corrected chi connectivity index (χ1v) is 5.34. The molecule has 1 rings (SSSR count). The van der Waals surface area contributed by atoms with Gasteiger partial charge in [0.1, 0.15) is 0 Å². The highest BCUT2D eigenvalue weighted by Crippen LogP contribution is 2.29. The largest absolute Gasteiger partial charge is 0.394 e. The van der Waals surface area contributed by atoms with Gasteiger partial charge >= 0.3 is 0 Å². The van der Waals surface area contributed by atoms with Crippen molar-refractivity contribution in [3.8, 4) is 0 Å². The van der Waals surface area contributed by atoms with Gasteiger partial charge in [0.2, 0.25) is 5.91 Å². The first kappa shape index (κ1) is 11.8. The van der Waals surface area contributed by atoms with Crippen molar-refractivity contribution in [2.45, 2.75) is 38.6 Å². The maximum Gasteiger partial charge on any atom is 0.224 e. The summed E-state index contributed by atoms with van der Waals surface area (Å²) in [7, 11) is 0. The number of amides is 1. The molecule has 14 heavy (non-hydrogen) atoms. The van der Waals surface area contributed by atoms with E-state index in [1.807, 2.05) is 20.8 Å². The Balaban J connectivity index is 2.76. The van der Waals surface area contributed by atoms with Gasteiger partial charge in [-0.15, -0.1) is 11.6 Å². The van der Waals surface area contributed by atoms with Gasteiger partial charge in [0.25, 0.3) is 0 Å². The summed E-state index contributed by atoms with van der Waals surface area (Å²) >= 11 is 5.91. The summed E-state index contributed by atoms with van der Waals surface area (Å²) in [5, 5.41) is 9.19. The number of carbonyl (C=O) groups is 1. The van der Waals surface area contributed by atoms with Crippen molar-refractivity contribution in [1.29, 1.82) is 0 Å². The first-order valence-electron chi connectivity index (χ1n) is 4.90. The third kappa shape index (κ3) is 2.39. The van der Waals surface area contributed by atoms with Gasteiger partial charge in [-0.2, -0.15) is 0 Å². The Morgan fingerprint density at radius 2 is 2.21 bits per heavy atom. The molecule has 2 atom stereocenters. The van der Waals surface area contributed by atoms with E-state index in [1.54, 1.807) is 4.90 Å². The number of nitrogens with zero attached hydrogens (tertiary/aromatic N) is 1. The van der Waals surface area contributed by atoms with Crippen LogP contribution in [-0.4, -0.2) is 40.5 Å². The zero-order valence-electron chi connectivity index (χ0n) is 8.96. The van der Waals surface area contributed by atoms with Crippen LogP contribution in [0.3, 0.4) is 0 Å². The van der Waals surface area contributed by atoms with Gasteiger partial charge in [0.05, 0.1) is 18.0 Å². The molecule has 0 radical (unpaired) electrons. The van der Waals surface area contributed by atoms with E-state index in [-0.39, 0.29) is 29.3 Å². The molecule has 1 saturated heterocycles. The molecule has 1 fully saturated rings. The monoisotopic (exact) mass is 219 g/mol. The molecule has 3 nitrogen and oxygen atoms in total. The number of alkyl halides is 1. The second-order valence-electron chi connectivity index (χ2n) is 4.91. The summed E-state index contributed by atoms with van der Waals surface area (Å²) in [5.74, 6) is 0.0546. The fourth-order valence-electron chi connectivity index (χ4n) is 1.83. The molecule has 0 aromatic carbocycles. The van der Waals surface area contributed by atoms with Crippen LogP contribution < -0.4 is 0 Å². The van der Waals surface area contributed by atoms with Crippen molar-refractivity contribution in [3.63, 3.8) is 0 Å². The Bertz CT molecular complexity index is 225. The van der Waals surface area contributed by atoms with Gasteiger partial charge in [-0.3, -0.25) is 4.79 Å². The van der Waals surface area contributed by atoms with Crippen LogP contribution in [0.2, 0.25) is 0 Å². The van der Waals surface area contributed by atoms with E-state index < -0.39 is 0 Å². The predicted octanol–water partition coefficient (Wildman–Crippen LogP) is 1.23. The highest BCUT2D eigenvalue weighted by molar-refractivity contribution is 6.22. The number of likely N-dealkylation sites (tertiary alicyclic amines) is 1. The van der Waals surface area contributed by atoms with Crippen LogP contribution in [0, 0.1) is 5.41 Å². The van der Waals surface area contributed by atoms with Gasteiger partial charge < -0.3 is 10.0 Å². The average Bonchev–Trinajstić information content (AvgIpc) is 2.29. The standard InChI is InChI=1S/C10H18ClNO2/c1-10(2,3)8(6-13)12-5-7(11)4-9(12)14/h7-8,13H,4-6H2,1-3H3/t7?,8-/m1/s1. The highest BCUT2D eigenvalue weighted by atomic mass is 35.5. The van der Waals surface area contributed by atoms with E-state index in [2.05, 4.69) is 0 Å². The first-order chi connectivity index (χ1) is 6.36. The molecule has 0 bridgehead atoms. The molecule has 4 heteroatoms. The molecule has 0 aromatic rings. The summed E-state index contributed by atoms with van der Waals surface area (Å²) in [5.41, 5.74) is -0.106. The van der Waals surface area contributed by atoms with Crippen LogP contribution in [0.4, 0.5) is 0 Å². The van der Waals surface area contributed by atoms with Crippen molar-refractivity contribution in [2.75, 3.05) is 13.2 Å². The van der Waals surface area contributed by atoms with Crippen LogP contribution in [0.25, 0.3) is 0 Å². The molecule has 1 aliphatic rings. The van der Waals surface area contributed by atoms with E-state index in [0.717, 1.165) is 0 Å². The molecular weight excluding hydrogens is 202 g/mol. The van der Waals surface area contributed by atoms with E-state index in [4.69, 9.17) is 11.6 Å². The molecule has 1 amide bonds. The summed E-state index contributed by atoms with van der Waals surface area (Å²) < 4.78 is 0. The summed E-state index contributed by atoms with van der Waals surface area (Å²) in [4.78, 5) is 13.3. The van der Waals surface area contributed by atoms with Crippen molar-refractivity contribution >= 4 is 17.5 Å². The zero-order chi connectivity index (χ0) is 10.9. The lowest BCUT2D eigenvalue weighted by Gasteiger charge is -2.36. The van der Waals surface area contributed by atoms with E-state index in [9.17, 15) is 9.90 Å². The number of aliphatic hydroxyl groups is 1. The second kappa shape index (κ2) is 4.07. The van der Waals surface area contributed by atoms with Crippen LogP contribution in [0.5, 0.6) is 0 Å². The molecule has 1 N–H and O–H groups in total. The maximum atomic E-state index is 11.6. The van der Waals surface area contributed by atoms with E-state index >= 15 is 0 Å². The van der Waals surface area contributed by atoms with Crippen LogP contribution in [-0.2, 0) is 4.79 Å². The normalized spacial score (nSPS) is 25.6. The number of hydrogen-bond donors (Lipinski definition) is 1. The predicted molar refractivity (Wildman–Crippen MR) is 56.3 cm³/mol.